The van der Waals surface area contributed by atoms with E-state index >= 15 is 0 Å². The first kappa shape index (κ1) is 20.0. The third-order valence-electron chi connectivity index (χ3n) is 4.38. The number of carbonyl (C=O) groups excluding carboxylic acids is 3. The van der Waals surface area contributed by atoms with Crippen LogP contribution in [0, 0.1) is 16.0 Å². The Hall–Kier alpha value is -3.75. The lowest BCUT2D eigenvalue weighted by Crippen LogP contribution is -2.35. The molecular weight excluding hydrogens is 376 g/mol. The van der Waals surface area contributed by atoms with Crippen molar-refractivity contribution in [2.75, 3.05) is 18.4 Å². The molecule has 2 aromatic rings. The van der Waals surface area contributed by atoms with Gasteiger partial charge in [-0.15, -0.1) is 0 Å². The van der Waals surface area contributed by atoms with Gasteiger partial charge in [0, 0.05) is 48.0 Å². The van der Waals surface area contributed by atoms with E-state index < -0.39 is 10.8 Å². The van der Waals surface area contributed by atoms with Gasteiger partial charge in [-0.25, -0.2) is 0 Å². The summed E-state index contributed by atoms with van der Waals surface area (Å²) in [7, 11) is 0. The second-order valence-electron chi connectivity index (χ2n) is 6.66. The van der Waals surface area contributed by atoms with Gasteiger partial charge in [-0.3, -0.25) is 24.5 Å². The second-order valence-corrected chi connectivity index (χ2v) is 6.66. The molecule has 0 atom stereocenters. The summed E-state index contributed by atoms with van der Waals surface area (Å²) in [5.41, 5.74) is 0.855. The van der Waals surface area contributed by atoms with Gasteiger partial charge in [0.25, 0.3) is 17.5 Å². The fourth-order valence-electron chi connectivity index (χ4n) is 2.62. The maximum absolute atomic E-state index is 12.2. The largest absolute Gasteiger partial charge is 0.354 e. The molecule has 1 aliphatic rings. The number of anilines is 1. The molecular formula is C20H20N4O5. The average molecular weight is 396 g/mol. The van der Waals surface area contributed by atoms with Gasteiger partial charge in [-0.1, -0.05) is 6.07 Å². The Labute approximate surface area is 166 Å². The van der Waals surface area contributed by atoms with Crippen LogP contribution in [0.2, 0.25) is 0 Å². The number of benzene rings is 2. The molecule has 1 fully saturated rings. The number of hydrogen-bond donors (Lipinski definition) is 3. The molecule has 0 radical (unpaired) electrons. The minimum Gasteiger partial charge on any atom is -0.354 e. The van der Waals surface area contributed by atoms with Gasteiger partial charge in [0.15, 0.2) is 0 Å². The van der Waals surface area contributed by atoms with E-state index in [1.807, 2.05) is 0 Å². The Bertz CT molecular complexity index is 938. The van der Waals surface area contributed by atoms with E-state index in [1.54, 1.807) is 24.3 Å². The normalized spacial score (nSPS) is 12.7. The van der Waals surface area contributed by atoms with Crippen LogP contribution in [0.1, 0.15) is 33.6 Å². The number of hydrogen-bond acceptors (Lipinski definition) is 5. The highest BCUT2D eigenvalue weighted by Gasteiger charge is 2.29. The molecule has 9 nitrogen and oxygen atoms in total. The van der Waals surface area contributed by atoms with Crippen molar-refractivity contribution in [2.45, 2.75) is 12.8 Å². The van der Waals surface area contributed by atoms with Crippen LogP contribution in [0.3, 0.4) is 0 Å². The number of amides is 3. The number of carbonyl (C=O) groups is 3. The summed E-state index contributed by atoms with van der Waals surface area (Å²) in [5, 5.41) is 18.9. The summed E-state index contributed by atoms with van der Waals surface area (Å²) < 4.78 is 0. The molecule has 0 saturated heterocycles. The maximum Gasteiger partial charge on any atom is 0.270 e. The van der Waals surface area contributed by atoms with Crippen LogP contribution in [-0.4, -0.2) is 35.7 Å². The van der Waals surface area contributed by atoms with Crippen molar-refractivity contribution >= 4 is 29.1 Å². The summed E-state index contributed by atoms with van der Waals surface area (Å²) in [4.78, 5) is 46.1. The van der Waals surface area contributed by atoms with Crippen LogP contribution in [0.5, 0.6) is 0 Å². The highest BCUT2D eigenvalue weighted by molar-refractivity contribution is 6.05. The second kappa shape index (κ2) is 8.96. The maximum atomic E-state index is 12.2. The van der Waals surface area contributed by atoms with Gasteiger partial charge in [0.1, 0.15) is 0 Å². The van der Waals surface area contributed by atoms with Crippen molar-refractivity contribution in [3.05, 3.63) is 69.8 Å². The van der Waals surface area contributed by atoms with Crippen LogP contribution < -0.4 is 16.0 Å². The Morgan fingerprint density at radius 3 is 2.28 bits per heavy atom. The molecule has 1 aliphatic carbocycles. The zero-order chi connectivity index (χ0) is 20.8. The smallest absolute Gasteiger partial charge is 0.270 e. The molecule has 0 bridgehead atoms. The van der Waals surface area contributed by atoms with Gasteiger partial charge >= 0.3 is 0 Å². The van der Waals surface area contributed by atoms with E-state index in [-0.39, 0.29) is 29.0 Å². The number of nitrogens with one attached hydrogen (secondary N) is 3. The molecule has 0 aliphatic heterocycles. The third kappa shape index (κ3) is 5.61. The average Bonchev–Trinajstić information content (AvgIpc) is 3.57. The van der Waals surface area contributed by atoms with Crippen molar-refractivity contribution in [1.82, 2.24) is 10.6 Å². The minimum absolute atomic E-state index is 0.0306. The van der Waals surface area contributed by atoms with Crippen molar-refractivity contribution in [1.29, 1.82) is 0 Å². The molecule has 1 saturated carbocycles. The van der Waals surface area contributed by atoms with Gasteiger partial charge in [0.2, 0.25) is 5.91 Å². The van der Waals surface area contributed by atoms with Gasteiger partial charge in [-0.05, 0) is 43.2 Å². The monoisotopic (exact) mass is 396 g/mol. The van der Waals surface area contributed by atoms with E-state index in [9.17, 15) is 24.5 Å². The van der Waals surface area contributed by atoms with Gasteiger partial charge in [-0.2, -0.15) is 0 Å². The number of nitro groups is 1. The molecule has 3 amide bonds. The van der Waals surface area contributed by atoms with Crippen molar-refractivity contribution < 1.29 is 19.3 Å². The lowest BCUT2D eigenvalue weighted by atomic mass is 10.1. The first-order valence-corrected chi connectivity index (χ1v) is 9.16. The first-order valence-electron chi connectivity index (χ1n) is 9.16. The van der Waals surface area contributed by atoms with E-state index in [1.165, 1.54) is 24.3 Å². The molecule has 9 heteroatoms. The first-order chi connectivity index (χ1) is 13.9. The molecule has 3 N–H and O–H groups in total. The highest BCUT2D eigenvalue weighted by atomic mass is 16.6. The van der Waals surface area contributed by atoms with E-state index in [4.69, 9.17) is 0 Å². The molecule has 2 aromatic carbocycles. The molecule has 0 aromatic heterocycles. The summed E-state index contributed by atoms with van der Waals surface area (Å²) in [6.45, 7) is 0.695. The number of non-ortho nitro benzene ring substituents is 1. The topological polar surface area (TPSA) is 130 Å². The molecule has 3 rings (SSSR count). The molecule has 0 spiro atoms. The molecule has 29 heavy (non-hydrogen) atoms. The van der Waals surface area contributed by atoms with E-state index in [2.05, 4.69) is 16.0 Å². The molecule has 0 unspecified atom stereocenters. The van der Waals surface area contributed by atoms with E-state index in [0.717, 1.165) is 12.8 Å². The van der Waals surface area contributed by atoms with Gasteiger partial charge < -0.3 is 16.0 Å². The number of rotatable bonds is 8. The molecule has 0 heterocycles. The van der Waals surface area contributed by atoms with Crippen LogP contribution in [0.25, 0.3) is 0 Å². The lowest BCUT2D eigenvalue weighted by molar-refractivity contribution is -0.384. The Kier molecular flexibility index (Phi) is 6.18. The van der Waals surface area contributed by atoms with E-state index in [0.29, 0.717) is 24.3 Å². The highest BCUT2D eigenvalue weighted by Crippen LogP contribution is 2.28. The van der Waals surface area contributed by atoms with Crippen LogP contribution >= 0.6 is 0 Å². The van der Waals surface area contributed by atoms with Crippen LogP contribution in [-0.2, 0) is 4.79 Å². The van der Waals surface area contributed by atoms with Crippen molar-refractivity contribution in [2.24, 2.45) is 5.92 Å². The quantitative estimate of drug-likeness (QED) is 0.357. The van der Waals surface area contributed by atoms with Gasteiger partial charge in [0.05, 0.1) is 4.92 Å². The standard InChI is InChI=1S/C20H20N4O5/c25-18(13-4-5-13)21-10-11-22-19(26)14-6-8-16(9-7-14)23-20(27)15-2-1-3-17(12-15)24(28)29/h1-3,6-9,12-13H,4-5,10-11H2,(H,21,25)(H,22,26)(H,23,27). The molecule has 150 valence electrons. The number of nitrogens with zero attached hydrogens (tertiary/aromatic N) is 1. The van der Waals surface area contributed by atoms with Crippen molar-refractivity contribution in [3.8, 4) is 0 Å². The number of nitro benzene ring substituents is 1. The van der Waals surface area contributed by atoms with Crippen LogP contribution in [0.15, 0.2) is 48.5 Å². The summed E-state index contributed by atoms with van der Waals surface area (Å²) in [6, 6.07) is 11.7. The summed E-state index contributed by atoms with van der Waals surface area (Å²) >= 11 is 0. The van der Waals surface area contributed by atoms with Crippen molar-refractivity contribution in [3.63, 3.8) is 0 Å². The SMILES string of the molecule is O=C(NCCNC(=O)C1CC1)c1ccc(NC(=O)c2cccc([N+](=O)[O-])c2)cc1. The Balaban J connectivity index is 1.49. The Morgan fingerprint density at radius 2 is 1.62 bits per heavy atom. The predicted octanol–water partition coefficient (Wildman–Crippen LogP) is 2.10. The zero-order valence-corrected chi connectivity index (χ0v) is 15.5. The lowest BCUT2D eigenvalue weighted by Gasteiger charge is -2.08. The Morgan fingerprint density at radius 1 is 0.931 bits per heavy atom. The zero-order valence-electron chi connectivity index (χ0n) is 15.5. The summed E-state index contributed by atoms with van der Waals surface area (Å²) in [5.74, 6) is -0.613. The predicted molar refractivity (Wildman–Crippen MR) is 106 cm³/mol. The van der Waals surface area contributed by atoms with Crippen LogP contribution in [0.4, 0.5) is 11.4 Å². The minimum atomic E-state index is -0.568. The fourth-order valence-corrected chi connectivity index (χ4v) is 2.62. The fraction of sp³-hybridized carbons (Fsp3) is 0.250. The third-order valence-corrected chi connectivity index (χ3v) is 4.38. The summed E-state index contributed by atoms with van der Waals surface area (Å²) in [6.07, 6.45) is 1.87.